The zero-order valence-electron chi connectivity index (χ0n) is 11.7. The lowest BCUT2D eigenvalue weighted by Gasteiger charge is -2.05. The molecule has 0 saturated heterocycles. The number of amides is 1. The third-order valence-electron chi connectivity index (χ3n) is 2.72. The molecule has 21 heavy (non-hydrogen) atoms. The van der Waals surface area contributed by atoms with Gasteiger partial charge in [-0.15, -0.1) is 10.2 Å². The zero-order valence-corrected chi connectivity index (χ0v) is 14.1. The number of carbonyl (C=O) groups is 1. The molecule has 0 unspecified atom stereocenters. The standard InChI is InChI=1S/C14H17BrN4OS/c1-2-3-12-18-19-14(21-12)17-9-8-16-13(20)10-4-6-11(15)7-5-10/h4-7H,2-3,8-9H2,1H3,(H,16,20)(H,17,19). The molecule has 0 atom stereocenters. The van der Waals surface area contributed by atoms with Gasteiger partial charge in [-0.3, -0.25) is 4.79 Å². The number of benzene rings is 1. The summed E-state index contributed by atoms with van der Waals surface area (Å²) in [6, 6.07) is 7.27. The molecule has 0 bridgehead atoms. The molecule has 5 nitrogen and oxygen atoms in total. The van der Waals surface area contributed by atoms with Gasteiger partial charge in [0.25, 0.3) is 5.91 Å². The van der Waals surface area contributed by atoms with Crippen molar-refractivity contribution >= 4 is 38.3 Å². The fraction of sp³-hybridized carbons (Fsp3) is 0.357. The van der Waals surface area contributed by atoms with Gasteiger partial charge in [-0.2, -0.15) is 0 Å². The van der Waals surface area contributed by atoms with Crippen LogP contribution in [0.2, 0.25) is 0 Å². The zero-order chi connectivity index (χ0) is 15.1. The second-order valence-corrected chi connectivity index (χ2v) is 6.42. The molecule has 0 aliphatic rings. The topological polar surface area (TPSA) is 66.9 Å². The number of halogens is 1. The molecule has 1 amide bonds. The highest BCUT2D eigenvalue weighted by atomic mass is 79.9. The van der Waals surface area contributed by atoms with E-state index in [2.05, 4.69) is 43.7 Å². The summed E-state index contributed by atoms with van der Waals surface area (Å²) in [5.74, 6) is -0.0757. The summed E-state index contributed by atoms with van der Waals surface area (Å²) in [5, 5.41) is 16.0. The Bertz CT molecular complexity index is 585. The number of hydrogen-bond acceptors (Lipinski definition) is 5. The van der Waals surface area contributed by atoms with E-state index in [9.17, 15) is 4.79 Å². The lowest BCUT2D eigenvalue weighted by Crippen LogP contribution is -2.28. The third kappa shape index (κ3) is 5.09. The predicted molar refractivity (Wildman–Crippen MR) is 88.9 cm³/mol. The van der Waals surface area contributed by atoms with Gasteiger partial charge in [0.15, 0.2) is 0 Å². The van der Waals surface area contributed by atoms with Crippen LogP contribution in [0.4, 0.5) is 5.13 Å². The van der Waals surface area contributed by atoms with Crippen LogP contribution in [0.3, 0.4) is 0 Å². The number of hydrogen-bond donors (Lipinski definition) is 2. The van der Waals surface area contributed by atoms with E-state index in [0.717, 1.165) is 27.5 Å². The van der Waals surface area contributed by atoms with Crippen LogP contribution < -0.4 is 10.6 Å². The van der Waals surface area contributed by atoms with Gasteiger partial charge in [0.05, 0.1) is 0 Å². The predicted octanol–water partition coefficient (Wildman–Crippen LogP) is 3.10. The van der Waals surface area contributed by atoms with E-state index in [1.165, 1.54) is 0 Å². The first kappa shape index (κ1) is 15.9. The Hall–Kier alpha value is -1.47. The Morgan fingerprint density at radius 2 is 2.00 bits per heavy atom. The van der Waals surface area contributed by atoms with E-state index in [1.54, 1.807) is 23.5 Å². The molecule has 0 saturated carbocycles. The Morgan fingerprint density at radius 3 is 2.71 bits per heavy atom. The van der Waals surface area contributed by atoms with Crippen LogP contribution in [0, 0.1) is 0 Å². The number of nitrogens with zero attached hydrogens (tertiary/aromatic N) is 2. The van der Waals surface area contributed by atoms with E-state index < -0.39 is 0 Å². The van der Waals surface area contributed by atoms with Gasteiger partial charge in [0, 0.05) is 29.5 Å². The smallest absolute Gasteiger partial charge is 0.251 e. The molecule has 1 aromatic carbocycles. The second-order valence-electron chi connectivity index (χ2n) is 4.44. The van der Waals surface area contributed by atoms with E-state index >= 15 is 0 Å². The van der Waals surface area contributed by atoms with Crippen LogP contribution in [-0.4, -0.2) is 29.2 Å². The van der Waals surface area contributed by atoms with Gasteiger partial charge in [0.2, 0.25) is 5.13 Å². The van der Waals surface area contributed by atoms with E-state index in [-0.39, 0.29) is 5.91 Å². The van der Waals surface area contributed by atoms with Gasteiger partial charge < -0.3 is 10.6 Å². The molecule has 2 rings (SSSR count). The van der Waals surface area contributed by atoms with E-state index in [1.807, 2.05) is 12.1 Å². The summed E-state index contributed by atoms with van der Waals surface area (Å²) < 4.78 is 0.958. The first-order valence-corrected chi connectivity index (χ1v) is 8.40. The first-order chi connectivity index (χ1) is 10.2. The van der Waals surface area contributed by atoms with Crippen LogP contribution in [-0.2, 0) is 6.42 Å². The van der Waals surface area contributed by atoms with Crippen molar-refractivity contribution in [2.75, 3.05) is 18.4 Å². The maximum absolute atomic E-state index is 11.9. The molecular weight excluding hydrogens is 352 g/mol. The third-order valence-corrected chi connectivity index (χ3v) is 4.19. The van der Waals surface area contributed by atoms with Crippen LogP contribution in [0.5, 0.6) is 0 Å². The minimum Gasteiger partial charge on any atom is -0.358 e. The highest BCUT2D eigenvalue weighted by Gasteiger charge is 2.05. The molecule has 0 radical (unpaired) electrons. The van der Waals surface area contributed by atoms with Crippen molar-refractivity contribution in [3.05, 3.63) is 39.3 Å². The molecule has 0 aliphatic heterocycles. The fourth-order valence-electron chi connectivity index (χ4n) is 1.69. The van der Waals surface area contributed by atoms with E-state index in [0.29, 0.717) is 18.7 Å². The fourth-order valence-corrected chi connectivity index (χ4v) is 2.82. The Morgan fingerprint density at radius 1 is 1.24 bits per heavy atom. The summed E-state index contributed by atoms with van der Waals surface area (Å²) in [6.07, 6.45) is 2.03. The highest BCUT2D eigenvalue weighted by Crippen LogP contribution is 2.15. The van der Waals surface area contributed by atoms with Gasteiger partial charge in [-0.05, 0) is 30.7 Å². The summed E-state index contributed by atoms with van der Waals surface area (Å²) in [6.45, 7) is 3.28. The minimum atomic E-state index is -0.0757. The summed E-state index contributed by atoms with van der Waals surface area (Å²) in [4.78, 5) is 11.9. The Balaban J connectivity index is 1.71. The lowest BCUT2D eigenvalue weighted by atomic mass is 10.2. The summed E-state index contributed by atoms with van der Waals surface area (Å²) in [5.41, 5.74) is 0.652. The molecule has 7 heteroatoms. The van der Waals surface area contributed by atoms with Gasteiger partial charge in [0.1, 0.15) is 5.01 Å². The van der Waals surface area contributed by atoms with Gasteiger partial charge >= 0.3 is 0 Å². The van der Waals surface area contributed by atoms with Crippen molar-refractivity contribution in [2.24, 2.45) is 0 Å². The SMILES string of the molecule is CCCc1nnc(NCCNC(=O)c2ccc(Br)cc2)s1. The van der Waals surface area contributed by atoms with E-state index in [4.69, 9.17) is 0 Å². The Labute approximate surface area is 136 Å². The van der Waals surface area contributed by atoms with Crippen molar-refractivity contribution in [1.82, 2.24) is 15.5 Å². The maximum atomic E-state index is 11.9. The number of aromatic nitrogens is 2. The average Bonchev–Trinajstić information content (AvgIpc) is 2.92. The molecule has 0 fully saturated rings. The van der Waals surface area contributed by atoms with Crippen molar-refractivity contribution < 1.29 is 4.79 Å². The number of nitrogens with one attached hydrogen (secondary N) is 2. The highest BCUT2D eigenvalue weighted by molar-refractivity contribution is 9.10. The average molecular weight is 369 g/mol. The minimum absolute atomic E-state index is 0.0757. The largest absolute Gasteiger partial charge is 0.358 e. The van der Waals surface area contributed by atoms with Crippen LogP contribution in [0.15, 0.2) is 28.7 Å². The van der Waals surface area contributed by atoms with Crippen molar-refractivity contribution in [3.63, 3.8) is 0 Å². The molecule has 0 aliphatic carbocycles. The molecule has 1 aromatic heterocycles. The number of anilines is 1. The molecule has 112 valence electrons. The van der Waals surface area contributed by atoms with Crippen LogP contribution in [0.1, 0.15) is 28.7 Å². The normalized spacial score (nSPS) is 10.4. The number of rotatable bonds is 7. The van der Waals surface area contributed by atoms with Gasteiger partial charge in [-0.1, -0.05) is 34.2 Å². The Kier molecular flexibility index (Phi) is 6.13. The first-order valence-electron chi connectivity index (χ1n) is 6.79. The number of aryl methyl sites for hydroxylation is 1. The molecule has 2 aromatic rings. The maximum Gasteiger partial charge on any atom is 0.251 e. The van der Waals surface area contributed by atoms with Crippen molar-refractivity contribution in [2.45, 2.75) is 19.8 Å². The monoisotopic (exact) mass is 368 g/mol. The molecule has 1 heterocycles. The lowest BCUT2D eigenvalue weighted by molar-refractivity contribution is 0.0955. The number of carbonyl (C=O) groups excluding carboxylic acids is 1. The van der Waals surface area contributed by atoms with Crippen molar-refractivity contribution in [1.29, 1.82) is 0 Å². The van der Waals surface area contributed by atoms with Crippen LogP contribution in [0.25, 0.3) is 0 Å². The molecule has 2 N–H and O–H groups in total. The second kappa shape index (κ2) is 8.09. The quantitative estimate of drug-likeness (QED) is 0.736. The molecular formula is C14H17BrN4OS. The van der Waals surface area contributed by atoms with Crippen LogP contribution >= 0.6 is 27.3 Å². The molecule has 0 spiro atoms. The summed E-state index contributed by atoms with van der Waals surface area (Å²) in [7, 11) is 0. The van der Waals surface area contributed by atoms with Crippen molar-refractivity contribution in [3.8, 4) is 0 Å². The van der Waals surface area contributed by atoms with Gasteiger partial charge in [-0.25, -0.2) is 0 Å². The summed E-state index contributed by atoms with van der Waals surface area (Å²) >= 11 is 4.91.